The number of phenolic OH excluding ortho intramolecular Hbond substituents is 1. The smallest absolute Gasteiger partial charge is 0.387 e. The number of aromatic hydroxyl groups is 1. The number of hydrogen-bond acceptors (Lipinski definition) is 2. The fourth-order valence-corrected chi connectivity index (χ4v) is 0.705. The van der Waals surface area contributed by atoms with Gasteiger partial charge in [0, 0.05) is 12.1 Å². The summed E-state index contributed by atoms with van der Waals surface area (Å²) in [5, 5.41) is 8.67. The molecular formula is C7H4F4O2. The van der Waals surface area contributed by atoms with Gasteiger partial charge in [-0.3, -0.25) is 0 Å². The highest BCUT2D eigenvalue weighted by Crippen LogP contribution is 2.26. The molecule has 1 aromatic carbocycles. The first-order chi connectivity index (χ1) is 6.00. The van der Waals surface area contributed by atoms with Gasteiger partial charge in [0.05, 0.1) is 0 Å². The first kappa shape index (κ1) is 9.63. The lowest BCUT2D eigenvalue weighted by Crippen LogP contribution is -2.03. The molecule has 0 atom stereocenters. The first-order valence-electron chi connectivity index (χ1n) is 3.13. The zero-order valence-electron chi connectivity index (χ0n) is 6.10. The van der Waals surface area contributed by atoms with Crippen molar-refractivity contribution in [3.63, 3.8) is 0 Å². The van der Waals surface area contributed by atoms with Gasteiger partial charge in [-0.15, -0.1) is 0 Å². The summed E-state index contributed by atoms with van der Waals surface area (Å²) < 4.78 is 51.7. The van der Waals surface area contributed by atoms with Crippen molar-refractivity contribution in [2.24, 2.45) is 0 Å². The van der Waals surface area contributed by atoms with E-state index in [-0.39, 0.29) is 6.07 Å². The monoisotopic (exact) mass is 196 g/mol. The molecule has 72 valence electrons. The number of phenols is 1. The van der Waals surface area contributed by atoms with Gasteiger partial charge in [0.1, 0.15) is 0 Å². The third kappa shape index (κ3) is 2.24. The van der Waals surface area contributed by atoms with Crippen molar-refractivity contribution >= 4 is 0 Å². The molecule has 0 aliphatic heterocycles. The minimum Gasteiger partial charge on any atom is -0.505 e. The fourth-order valence-electron chi connectivity index (χ4n) is 0.705. The molecule has 0 aromatic heterocycles. The molecule has 0 unspecified atom stereocenters. The zero-order chi connectivity index (χ0) is 10.0. The van der Waals surface area contributed by atoms with Gasteiger partial charge in [0.25, 0.3) is 0 Å². The molecule has 1 aromatic rings. The number of benzene rings is 1. The van der Waals surface area contributed by atoms with Crippen LogP contribution in [0.25, 0.3) is 0 Å². The molecule has 2 nitrogen and oxygen atoms in total. The first-order valence-corrected chi connectivity index (χ1v) is 3.13. The molecule has 1 N–H and O–H groups in total. The summed E-state index contributed by atoms with van der Waals surface area (Å²) in [5.74, 6) is -4.37. The molecular weight excluding hydrogens is 192 g/mol. The van der Waals surface area contributed by atoms with E-state index in [9.17, 15) is 17.6 Å². The quantitative estimate of drug-likeness (QED) is 0.735. The topological polar surface area (TPSA) is 29.5 Å². The molecule has 0 amide bonds. The maximum atomic E-state index is 12.6. The van der Waals surface area contributed by atoms with E-state index < -0.39 is 29.7 Å². The Morgan fingerprint density at radius 2 is 1.77 bits per heavy atom. The molecule has 0 bridgehead atoms. The highest BCUT2D eigenvalue weighted by molar-refractivity contribution is 5.34. The lowest BCUT2D eigenvalue weighted by Gasteiger charge is -2.05. The minimum atomic E-state index is -3.22. The van der Waals surface area contributed by atoms with Crippen LogP contribution in [0.3, 0.4) is 0 Å². The van der Waals surface area contributed by atoms with E-state index in [1.165, 1.54) is 0 Å². The Morgan fingerprint density at radius 1 is 1.15 bits per heavy atom. The average Bonchev–Trinajstić information content (AvgIpc) is 1.99. The van der Waals surface area contributed by atoms with Gasteiger partial charge in [0.2, 0.25) is 0 Å². The van der Waals surface area contributed by atoms with Gasteiger partial charge in [0.15, 0.2) is 23.1 Å². The number of alkyl halides is 2. The second kappa shape index (κ2) is 3.51. The van der Waals surface area contributed by atoms with Crippen molar-refractivity contribution in [1.29, 1.82) is 0 Å². The standard InChI is InChI=1S/C7H4F4O2/c8-3-1-4(9)6(2-5(3)12)13-7(10)11/h1-2,7,12H. The van der Waals surface area contributed by atoms with Crippen molar-refractivity contribution < 1.29 is 27.4 Å². The van der Waals surface area contributed by atoms with Gasteiger partial charge in [-0.1, -0.05) is 0 Å². The van der Waals surface area contributed by atoms with Crippen LogP contribution in [0.2, 0.25) is 0 Å². The van der Waals surface area contributed by atoms with E-state index in [1.54, 1.807) is 0 Å². The normalized spacial score (nSPS) is 10.5. The summed E-state index contributed by atoms with van der Waals surface area (Å²) in [6.45, 7) is -3.22. The zero-order valence-corrected chi connectivity index (χ0v) is 6.10. The molecule has 1 rings (SSSR count). The van der Waals surface area contributed by atoms with Crippen molar-refractivity contribution in [2.45, 2.75) is 6.61 Å². The molecule has 0 heterocycles. The molecule has 0 aliphatic carbocycles. The minimum absolute atomic E-state index is 0.257. The predicted molar refractivity (Wildman–Crippen MR) is 34.7 cm³/mol. The van der Waals surface area contributed by atoms with E-state index in [0.717, 1.165) is 0 Å². The van der Waals surface area contributed by atoms with Gasteiger partial charge < -0.3 is 9.84 Å². The molecule has 0 fully saturated rings. The molecule has 6 heteroatoms. The van der Waals surface area contributed by atoms with E-state index in [0.29, 0.717) is 6.07 Å². The van der Waals surface area contributed by atoms with E-state index >= 15 is 0 Å². The Labute approximate surface area is 70.4 Å². The lowest BCUT2D eigenvalue weighted by molar-refractivity contribution is -0.0523. The number of hydrogen-bond donors (Lipinski definition) is 1. The summed E-state index contributed by atoms with van der Waals surface area (Å²) in [7, 11) is 0. The molecule has 0 radical (unpaired) electrons. The van der Waals surface area contributed by atoms with Crippen LogP contribution >= 0.6 is 0 Å². The van der Waals surface area contributed by atoms with Crippen molar-refractivity contribution in [2.75, 3.05) is 0 Å². The van der Waals surface area contributed by atoms with E-state index in [4.69, 9.17) is 5.11 Å². The van der Waals surface area contributed by atoms with E-state index in [1.807, 2.05) is 0 Å². The van der Waals surface area contributed by atoms with E-state index in [2.05, 4.69) is 4.74 Å². The van der Waals surface area contributed by atoms with Crippen molar-refractivity contribution in [3.05, 3.63) is 23.8 Å². The molecule has 0 saturated carbocycles. The second-order valence-electron chi connectivity index (χ2n) is 2.11. The van der Waals surface area contributed by atoms with Crippen LogP contribution < -0.4 is 4.74 Å². The van der Waals surface area contributed by atoms with Crippen LogP contribution in [-0.2, 0) is 0 Å². The third-order valence-corrected chi connectivity index (χ3v) is 1.22. The van der Waals surface area contributed by atoms with Gasteiger partial charge in [-0.25, -0.2) is 8.78 Å². The third-order valence-electron chi connectivity index (χ3n) is 1.22. The SMILES string of the molecule is Oc1cc(OC(F)F)c(F)cc1F. The fraction of sp³-hybridized carbons (Fsp3) is 0.143. The van der Waals surface area contributed by atoms with Crippen LogP contribution in [-0.4, -0.2) is 11.7 Å². The van der Waals surface area contributed by atoms with Crippen LogP contribution in [0.1, 0.15) is 0 Å². The number of rotatable bonds is 2. The van der Waals surface area contributed by atoms with Crippen molar-refractivity contribution in [1.82, 2.24) is 0 Å². The number of halogens is 4. The molecule has 0 saturated heterocycles. The lowest BCUT2D eigenvalue weighted by atomic mass is 10.3. The van der Waals surface area contributed by atoms with Crippen LogP contribution in [0.15, 0.2) is 12.1 Å². The average molecular weight is 196 g/mol. The van der Waals surface area contributed by atoms with Gasteiger partial charge in [-0.05, 0) is 0 Å². The summed E-state index contributed by atoms with van der Waals surface area (Å²) in [5.41, 5.74) is 0. The highest BCUT2D eigenvalue weighted by atomic mass is 19.3. The van der Waals surface area contributed by atoms with Crippen LogP contribution in [0, 0.1) is 11.6 Å². The van der Waals surface area contributed by atoms with Gasteiger partial charge >= 0.3 is 6.61 Å². The Balaban J connectivity index is 3.01. The summed E-state index contributed by atoms with van der Waals surface area (Å²) in [6, 6.07) is 0.698. The molecule has 0 spiro atoms. The van der Waals surface area contributed by atoms with Gasteiger partial charge in [-0.2, -0.15) is 8.78 Å². The highest BCUT2D eigenvalue weighted by Gasteiger charge is 2.13. The Hall–Kier alpha value is -1.46. The van der Waals surface area contributed by atoms with Crippen LogP contribution in [0.4, 0.5) is 17.6 Å². The largest absolute Gasteiger partial charge is 0.505 e. The Bertz CT molecular complexity index is 314. The molecule has 13 heavy (non-hydrogen) atoms. The maximum Gasteiger partial charge on any atom is 0.387 e. The Morgan fingerprint density at radius 3 is 2.31 bits per heavy atom. The second-order valence-corrected chi connectivity index (χ2v) is 2.11. The summed E-state index contributed by atoms with van der Waals surface area (Å²) in [6.07, 6.45) is 0. The Kier molecular flexibility index (Phi) is 2.60. The number of ether oxygens (including phenoxy) is 1. The van der Waals surface area contributed by atoms with Crippen LogP contribution in [0.5, 0.6) is 11.5 Å². The summed E-state index contributed by atoms with van der Waals surface area (Å²) >= 11 is 0. The van der Waals surface area contributed by atoms with Crippen molar-refractivity contribution in [3.8, 4) is 11.5 Å². The predicted octanol–water partition coefficient (Wildman–Crippen LogP) is 2.27. The summed E-state index contributed by atoms with van der Waals surface area (Å²) in [4.78, 5) is 0. The maximum absolute atomic E-state index is 12.6. The molecule has 0 aliphatic rings.